The van der Waals surface area contributed by atoms with Crippen LogP contribution < -0.4 is 0 Å². The fourth-order valence-corrected chi connectivity index (χ4v) is 1.19. The van der Waals surface area contributed by atoms with Crippen LogP contribution >= 0.6 is 11.8 Å². The maximum absolute atomic E-state index is 11.7. The second-order valence-electron chi connectivity index (χ2n) is 2.00. The van der Waals surface area contributed by atoms with Crippen molar-refractivity contribution in [1.82, 2.24) is 0 Å². The van der Waals surface area contributed by atoms with E-state index in [9.17, 15) is 18.0 Å². The summed E-state index contributed by atoms with van der Waals surface area (Å²) < 4.78 is 35.1. The number of nitrogens with zero attached hydrogens (tertiary/aromatic N) is 1. The molecule has 0 saturated carbocycles. The molecule has 1 aliphatic rings. The molecule has 0 radical (unpaired) electrons. The monoisotopic (exact) mass is 195 g/mol. The lowest BCUT2D eigenvalue weighted by molar-refractivity contribution is -0.117. The molecule has 0 saturated heterocycles. The van der Waals surface area contributed by atoms with Gasteiger partial charge in [0.1, 0.15) is 5.04 Å². The number of amides is 1. The first-order valence-electron chi connectivity index (χ1n) is 3.01. The molecule has 0 aromatic heterocycles. The molecule has 12 heavy (non-hydrogen) atoms. The van der Waals surface area contributed by atoms with E-state index in [4.69, 9.17) is 0 Å². The van der Waals surface area contributed by atoms with E-state index >= 15 is 0 Å². The number of halogens is 3. The van der Waals surface area contributed by atoms with Crippen LogP contribution in [0.2, 0.25) is 0 Å². The number of aliphatic imine (C=N–C) groups is 1. The van der Waals surface area contributed by atoms with Crippen molar-refractivity contribution in [2.75, 3.05) is 0 Å². The molecular weight excluding hydrogens is 191 g/mol. The standard InChI is InChI=1S/C6H4F3NOS/c7-6(8,9)12-5-3-1-2-4(11)10-5/h1,3H,2H2. The van der Waals surface area contributed by atoms with Gasteiger partial charge < -0.3 is 0 Å². The van der Waals surface area contributed by atoms with Gasteiger partial charge in [0.2, 0.25) is 0 Å². The molecule has 6 heteroatoms. The first kappa shape index (κ1) is 9.31. The maximum Gasteiger partial charge on any atom is 0.447 e. The van der Waals surface area contributed by atoms with Crippen LogP contribution in [0.5, 0.6) is 0 Å². The highest BCUT2D eigenvalue weighted by molar-refractivity contribution is 8.15. The fraction of sp³-hybridized carbons (Fsp3) is 0.333. The molecule has 0 N–H and O–H groups in total. The molecule has 0 aromatic rings. The van der Waals surface area contributed by atoms with Crippen molar-refractivity contribution in [3.8, 4) is 0 Å². The topological polar surface area (TPSA) is 29.4 Å². The summed E-state index contributed by atoms with van der Waals surface area (Å²) in [5, 5.41) is -0.293. The summed E-state index contributed by atoms with van der Waals surface area (Å²) in [6.07, 6.45) is 2.64. The predicted octanol–water partition coefficient (Wildman–Crippen LogP) is 2.12. The van der Waals surface area contributed by atoms with Gasteiger partial charge in [-0.15, -0.1) is 0 Å². The van der Waals surface area contributed by atoms with Gasteiger partial charge >= 0.3 is 5.51 Å². The average molecular weight is 195 g/mol. The Morgan fingerprint density at radius 1 is 1.50 bits per heavy atom. The fourth-order valence-electron chi connectivity index (χ4n) is 0.642. The van der Waals surface area contributed by atoms with E-state index in [2.05, 4.69) is 4.99 Å². The van der Waals surface area contributed by atoms with Crippen molar-refractivity contribution in [3.63, 3.8) is 0 Å². The molecular formula is C6H4F3NOS. The van der Waals surface area contributed by atoms with E-state index in [1.165, 1.54) is 12.2 Å². The van der Waals surface area contributed by atoms with Gasteiger partial charge in [-0.1, -0.05) is 6.08 Å². The maximum atomic E-state index is 11.7. The lowest BCUT2D eigenvalue weighted by Gasteiger charge is -2.06. The number of carbonyl (C=O) groups excluding carboxylic acids is 1. The van der Waals surface area contributed by atoms with Crippen molar-refractivity contribution in [2.45, 2.75) is 11.9 Å². The number of dihydropyridines is 1. The Hall–Kier alpha value is -0.780. The molecule has 0 aliphatic carbocycles. The van der Waals surface area contributed by atoms with Gasteiger partial charge in [-0.2, -0.15) is 13.2 Å². The molecule has 0 unspecified atom stereocenters. The van der Waals surface area contributed by atoms with Crippen LogP contribution in [0.4, 0.5) is 13.2 Å². The first-order chi connectivity index (χ1) is 5.47. The molecule has 0 spiro atoms. The molecule has 0 bridgehead atoms. The van der Waals surface area contributed by atoms with Gasteiger partial charge in [0.25, 0.3) is 5.91 Å². The van der Waals surface area contributed by atoms with Gasteiger partial charge in [0.05, 0.1) is 0 Å². The van der Waals surface area contributed by atoms with Crippen molar-refractivity contribution in [1.29, 1.82) is 0 Å². The highest BCUT2D eigenvalue weighted by Crippen LogP contribution is 2.32. The molecule has 0 aromatic carbocycles. The Balaban J connectivity index is 2.64. The number of alkyl halides is 3. The summed E-state index contributed by atoms with van der Waals surface area (Å²) in [7, 11) is 0. The zero-order chi connectivity index (χ0) is 9.19. The van der Waals surface area contributed by atoms with E-state index in [0.29, 0.717) is 0 Å². The van der Waals surface area contributed by atoms with Crippen molar-refractivity contribution < 1.29 is 18.0 Å². The van der Waals surface area contributed by atoms with Crippen LogP contribution in [0.1, 0.15) is 6.42 Å². The number of thioether (sulfide) groups is 1. The SMILES string of the molecule is O=C1CC=CC(SC(F)(F)F)=N1. The van der Waals surface area contributed by atoms with Crippen LogP contribution in [0.15, 0.2) is 17.1 Å². The number of carbonyl (C=O) groups is 1. The Bertz CT molecular complexity index is 256. The van der Waals surface area contributed by atoms with E-state index < -0.39 is 11.4 Å². The largest absolute Gasteiger partial charge is 0.447 e. The second kappa shape index (κ2) is 3.30. The van der Waals surface area contributed by atoms with Crippen molar-refractivity contribution >= 4 is 22.7 Å². The Kier molecular flexibility index (Phi) is 2.56. The van der Waals surface area contributed by atoms with E-state index in [-0.39, 0.29) is 23.2 Å². The number of rotatable bonds is 0. The van der Waals surface area contributed by atoms with Crippen LogP contribution in [-0.2, 0) is 4.79 Å². The second-order valence-corrected chi connectivity index (χ2v) is 3.08. The van der Waals surface area contributed by atoms with Crippen LogP contribution in [0, 0.1) is 0 Å². The zero-order valence-corrected chi connectivity index (χ0v) is 6.58. The first-order valence-corrected chi connectivity index (χ1v) is 3.83. The van der Waals surface area contributed by atoms with Gasteiger partial charge in [-0.3, -0.25) is 4.79 Å². The Morgan fingerprint density at radius 3 is 2.67 bits per heavy atom. The van der Waals surface area contributed by atoms with E-state index in [0.717, 1.165) is 0 Å². The number of hydrogen-bond donors (Lipinski definition) is 0. The lowest BCUT2D eigenvalue weighted by atomic mass is 10.3. The summed E-state index contributed by atoms with van der Waals surface area (Å²) in [6, 6.07) is 0. The minimum Gasteiger partial charge on any atom is -0.272 e. The minimum absolute atomic E-state index is 0.0852. The van der Waals surface area contributed by atoms with Gasteiger partial charge in [-0.05, 0) is 6.08 Å². The summed E-state index contributed by atoms with van der Waals surface area (Å²) in [5.74, 6) is -0.538. The highest BCUT2D eigenvalue weighted by atomic mass is 32.2. The Labute approximate surface area is 70.5 Å². The van der Waals surface area contributed by atoms with Crippen molar-refractivity contribution in [3.05, 3.63) is 12.2 Å². The summed E-state index contributed by atoms with van der Waals surface area (Å²) in [5.41, 5.74) is -4.37. The summed E-state index contributed by atoms with van der Waals surface area (Å²) in [4.78, 5) is 13.7. The summed E-state index contributed by atoms with van der Waals surface area (Å²) >= 11 is -0.376. The lowest BCUT2D eigenvalue weighted by Crippen LogP contribution is -2.09. The van der Waals surface area contributed by atoms with Gasteiger partial charge in [-0.25, -0.2) is 4.99 Å². The summed E-state index contributed by atoms with van der Waals surface area (Å²) in [6.45, 7) is 0. The van der Waals surface area contributed by atoms with E-state index in [1.54, 1.807) is 0 Å². The number of hydrogen-bond acceptors (Lipinski definition) is 2. The molecule has 1 amide bonds. The van der Waals surface area contributed by atoms with Crippen LogP contribution in [0.25, 0.3) is 0 Å². The quantitative estimate of drug-likeness (QED) is 0.592. The van der Waals surface area contributed by atoms with E-state index in [1.807, 2.05) is 0 Å². The van der Waals surface area contributed by atoms with Crippen LogP contribution in [-0.4, -0.2) is 16.5 Å². The third-order valence-electron chi connectivity index (χ3n) is 1.01. The molecule has 2 nitrogen and oxygen atoms in total. The third kappa shape index (κ3) is 3.08. The predicted molar refractivity (Wildman–Crippen MR) is 39.8 cm³/mol. The van der Waals surface area contributed by atoms with Crippen molar-refractivity contribution in [2.24, 2.45) is 4.99 Å². The molecule has 1 heterocycles. The van der Waals surface area contributed by atoms with Gasteiger partial charge in [0, 0.05) is 18.2 Å². The molecule has 66 valence electrons. The van der Waals surface area contributed by atoms with Crippen LogP contribution in [0.3, 0.4) is 0 Å². The average Bonchev–Trinajstić information content (AvgIpc) is 1.82. The smallest absolute Gasteiger partial charge is 0.272 e. The third-order valence-corrected chi connectivity index (χ3v) is 1.68. The molecule has 1 aliphatic heterocycles. The minimum atomic E-state index is -4.37. The molecule has 0 fully saturated rings. The normalized spacial score (nSPS) is 17.9. The zero-order valence-electron chi connectivity index (χ0n) is 5.76. The molecule has 0 atom stereocenters. The van der Waals surface area contributed by atoms with Gasteiger partial charge in [0.15, 0.2) is 0 Å². The highest BCUT2D eigenvalue weighted by Gasteiger charge is 2.31. The molecule has 1 rings (SSSR count). The Morgan fingerprint density at radius 2 is 2.17 bits per heavy atom.